The molecule has 1 unspecified atom stereocenters. The maximum absolute atomic E-state index is 5.97. The molecule has 7 heteroatoms. The molecule has 30 heavy (non-hydrogen) atoms. The number of benzene rings is 2. The van der Waals surface area contributed by atoms with Crippen LogP contribution in [0.25, 0.3) is 5.69 Å². The molecule has 1 aromatic heterocycles. The summed E-state index contributed by atoms with van der Waals surface area (Å²) in [5, 5.41) is 11.1. The number of guanidine groups is 1. The lowest BCUT2D eigenvalue weighted by molar-refractivity contribution is 0.213. The summed E-state index contributed by atoms with van der Waals surface area (Å²) >= 11 is 0. The van der Waals surface area contributed by atoms with E-state index >= 15 is 0 Å². The fourth-order valence-corrected chi connectivity index (χ4v) is 2.97. The molecule has 3 aromatic rings. The molecule has 2 aromatic carbocycles. The molecule has 0 saturated heterocycles. The number of nitrogens with zero attached hydrogens (tertiary/aromatic N) is 3. The largest absolute Gasteiger partial charge is 0.493 e. The van der Waals surface area contributed by atoms with Crippen molar-refractivity contribution in [1.82, 2.24) is 20.4 Å². The Hall–Kier alpha value is -3.48. The minimum atomic E-state index is -0.0519. The van der Waals surface area contributed by atoms with E-state index in [0.717, 1.165) is 41.7 Å². The minimum Gasteiger partial charge on any atom is -0.493 e. The summed E-state index contributed by atoms with van der Waals surface area (Å²) in [6.07, 6.45) is 4.74. The van der Waals surface area contributed by atoms with Crippen LogP contribution in [0.15, 0.2) is 72.0 Å². The zero-order chi connectivity index (χ0) is 21.2. The Morgan fingerprint density at radius 1 is 1.07 bits per heavy atom. The van der Waals surface area contributed by atoms with Crippen molar-refractivity contribution >= 4 is 5.96 Å². The van der Waals surface area contributed by atoms with Gasteiger partial charge < -0.3 is 20.1 Å². The summed E-state index contributed by atoms with van der Waals surface area (Å²) in [5.41, 5.74) is 2.22. The van der Waals surface area contributed by atoms with Crippen molar-refractivity contribution in [3.05, 3.63) is 72.6 Å². The van der Waals surface area contributed by atoms with Crippen molar-refractivity contribution in [3.63, 3.8) is 0 Å². The maximum Gasteiger partial charge on any atom is 0.191 e. The van der Waals surface area contributed by atoms with Crippen molar-refractivity contribution in [2.45, 2.75) is 19.4 Å². The lowest BCUT2D eigenvalue weighted by Crippen LogP contribution is -2.42. The Balaban J connectivity index is 1.42. The van der Waals surface area contributed by atoms with Crippen molar-refractivity contribution in [1.29, 1.82) is 0 Å². The number of hydrogen-bond acceptors (Lipinski definition) is 4. The van der Waals surface area contributed by atoms with Crippen LogP contribution >= 0.6 is 0 Å². The van der Waals surface area contributed by atoms with E-state index < -0.39 is 0 Å². The molecule has 0 radical (unpaired) electrons. The molecule has 1 atom stereocenters. The lowest BCUT2D eigenvalue weighted by atomic mass is 10.2. The van der Waals surface area contributed by atoms with Gasteiger partial charge >= 0.3 is 0 Å². The highest BCUT2D eigenvalue weighted by Gasteiger charge is 2.09. The predicted molar refractivity (Wildman–Crippen MR) is 120 cm³/mol. The van der Waals surface area contributed by atoms with Gasteiger partial charge in [0.25, 0.3) is 0 Å². The van der Waals surface area contributed by atoms with E-state index in [-0.39, 0.29) is 6.10 Å². The summed E-state index contributed by atoms with van der Waals surface area (Å²) in [6, 6.07) is 17.7. The number of methoxy groups -OCH3 is 1. The Labute approximate surface area is 177 Å². The van der Waals surface area contributed by atoms with E-state index in [9.17, 15) is 0 Å². The van der Waals surface area contributed by atoms with Crippen LogP contribution in [0.2, 0.25) is 0 Å². The molecule has 0 aliphatic heterocycles. The Morgan fingerprint density at radius 2 is 1.80 bits per heavy atom. The summed E-state index contributed by atoms with van der Waals surface area (Å²) in [7, 11) is 3.40. The van der Waals surface area contributed by atoms with Gasteiger partial charge in [0.05, 0.1) is 25.5 Å². The zero-order valence-corrected chi connectivity index (χ0v) is 17.7. The molecule has 0 aliphatic carbocycles. The first-order valence-corrected chi connectivity index (χ1v) is 10.0. The summed E-state index contributed by atoms with van der Waals surface area (Å²) in [5.74, 6) is 2.19. The van der Waals surface area contributed by atoms with E-state index in [1.165, 1.54) is 0 Å². The highest BCUT2D eigenvalue weighted by atomic mass is 16.5. The van der Waals surface area contributed by atoms with Crippen molar-refractivity contribution in [2.24, 2.45) is 4.99 Å². The van der Waals surface area contributed by atoms with Crippen LogP contribution in [0, 0.1) is 0 Å². The van der Waals surface area contributed by atoms with Gasteiger partial charge in [-0.25, -0.2) is 4.68 Å². The third kappa shape index (κ3) is 6.01. The molecule has 7 nitrogen and oxygen atoms in total. The van der Waals surface area contributed by atoms with Crippen LogP contribution in [0.1, 0.15) is 12.5 Å². The van der Waals surface area contributed by atoms with Crippen LogP contribution < -0.4 is 20.1 Å². The summed E-state index contributed by atoms with van der Waals surface area (Å²) in [6.45, 7) is 3.37. The number of aliphatic imine (C=N–C) groups is 1. The standard InChI is InChI=1S/C23H29N5O2/c1-18(30-22-12-8-7-11-21(22)29-3)15-26-23(24-2)25-14-13-19-16-27-28(17-19)20-9-5-4-6-10-20/h4-12,16-18H,13-15H2,1-3H3,(H2,24,25,26). The molecule has 0 bridgehead atoms. The first-order valence-electron chi connectivity index (χ1n) is 10.0. The quantitative estimate of drug-likeness (QED) is 0.421. The fourth-order valence-electron chi connectivity index (χ4n) is 2.97. The van der Waals surface area contributed by atoms with Crippen LogP contribution in [0.4, 0.5) is 0 Å². The fraction of sp³-hybridized carbons (Fsp3) is 0.304. The van der Waals surface area contributed by atoms with Gasteiger partial charge in [0.2, 0.25) is 0 Å². The van der Waals surface area contributed by atoms with Crippen molar-refractivity contribution < 1.29 is 9.47 Å². The number of para-hydroxylation sites is 3. The molecule has 0 aliphatic rings. The molecule has 1 heterocycles. The van der Waals surface area contributed by atoms with Gasteiger partial charge in [-0.05, 0) is 43.2 Å². The monoisotopic (exact) mass is 407 g/mol. The van der Waals surface area contributed by atoms with Crippen LogP contribution in [-0.4, -0.2) is 49.1 Å². The van der Waals surface area contributed by atoms with Crippen molar-refractivity contribution in [3.8, 4) is 17.2 Å². The SMILES string of the molecule is CN=C(NCCc1cnn(-c2ccccc2)c1)NCC(C)Oc1ccccc1OC. The number of rotatable bonds is 9. The Morgan fingerprint density at radius 3 is 2.53 bits per heavy atom. The number of hydrogen-bond donors (Lipinski definition) is 2. The molecular formula is C23H29N5O2. The summed E-state index contributed by atoms with van der Waals surface area (Å²) in [4.78, 5) is 4.28. The Bertz CT molecular complexity index is 940. The van der Waals surface area contributed by atoms with Gasteiger partial charge in [-0.2, -0.15) is 5.10 Å². The van der Waals surface area contributed by atoms with Gasteiger partial charge in [0.15, 0.2) is 17.5 Å². The van der Waals surface area contributed by atoms with Gasteiger partial charge in [0, 0.05) is 19.8 Å². The second-order valence-corrected chi connectivity index (χ2v) is 6.84. The molecule has 0 spiro atoms. The first-order chi connectivity index (χ1) is 14.7. The minimum absolute atomic E-state index is 0.0519. The van der Waals surface area contributed by atoms with Crippen LogP contribution in [-0.2, 0) is 6.42 Å². The average Bonchev–Trinajstić information content (AvgIpc) is 3.26. The van der Waals surface area contributed by atoms with Crippen LogP contribution in [0.3, 0.4) is 0 Å². The molecule has 0 fully saturated rings. The third-order valence-electron chi connectivity index (χ3n) is 4.54. The smallest absolute Gasteiger partial charge is 0.191 e. The van der Waals surface area contributed by atoms with Gasteiger partial charge in [-0.3, -0.25) is 4.99 Å². The number of aromatic nitrogens is 2. The van der Waals surface area contributed by atoms with E-state index in [1.54, 1.807) is 14.2 Å². The summed E-state index contributed by atoms with van der Waals surface area (Å²) < 4.78 is 13.2. The molecule has 0 saturated carbocycles. The Kier molecular flexibility index (Phi) is 7.71. The predicted octanol–water partition coefficient (Wildman–Crippen LogP) is 3.06. The van der Waals surface area contributed by atoms with Gasteiger partial charge in [0.1, 0.15) is 6.10 Å². The van der Waals surface area contributed by atoms with Crippen LogP contribution in [0.5, 0.6) is 11.5 Å². The molecule has 3 rings (SSSR count). The maximum atomic E-state index is 5.97. The third-order valence-corrected chi connectivity index (χ3v) is 4.54. The lowest BCUT2D eigenvalue weighted by Gasteiger charge is -2.19. The zero-order valence-electron chi connectivity index (χ0n) is 17.7. The highest BCUT2D eigenvalue weighted by Crippen LogP contribution is 2.26. The number of ether oxygens (including phenoxy) is 2. The van der Waals surface area contributed by atoms with Gasteiger partial charge in [-0.15, -0.1) is 0 Å². The molecule has 0 amide bonds. The van der Waals surface area contributed by atoms with Crippen molar-refractivity contribution in [2.75, 3.05) is 27.2 Å². The highest BCUT2D eigenvalue weighted by molar-refractivity contribution is 5.79. The second-order valence-electron chi connectivity index (χ2n) is 6.84. The van der Waals surface area contributed by atoms with E-state index in [2.05, 4.69) is 26.9 Å². The molecular weight excluding hydrogens is 378 g/mol. The van der Waals surface area contributed by atoms with E-state index in [4.69, 9.17) is 9.47 Å². The number of nitrogens with one attached hydrogen (secondary N) is 2. The first kappa shape index (κ1) is 21.2. The van der Waals surface area contributed by atoms with E-state index in [0.29, 0.717) is 6.54 Å². The normalized spacial score (nSPS) is 12.3. The van der Waals surface area contributed by atoms with E-state index in [1.807, 2.05) is 72.4 Å². The topological polar surface area (TPSA) is 72.7 Å². The average molecular weight is 408 g/mol. The molecule has 158 valence electrons. The van der Waals surface area contributed by atoms with Gasteiger partial charge in [-0.1, -0.05) is 30.3 Å². The molecule has 2 N–H and O–H groups in total. The second kappa shape index (κ2) is 10.9.